The summed E-state index contributed by atoms with van der Waals surface area (Å²) in [5.74, 6) is 0.864. The smallest absolute Gasteiger partial charge is 0.119 e. The fourth-order valence-corrected chi connectivity index (χ4v) is 2.06. The van der Waals surface area contributed by atoms with Crippen LogP contribution in [0.1, 0.15) is 30.0 Å². The van der Waals surface area contributed by atoms with Crippen molar-refractivity contribution in [3.05, 3.63) is 65.7 Å². The van der Waals surface area contributed by atoms with Gasteiger partial charge in [-0.1, -0.05) is 42.5 Å². The lowest BCUT2D eigenvalue weighted by Gasteiger charge is -2.12. The van der Waals surface area contributed by atoms with Gasteiger partial charge in [0, 0.05) is 6.04 Å². The van der Waals surface area contributed by atoms with Gasteiger partial charge in [-0.3, -0.25) is 0 Å². The average Bonchev–Trinajstić information content (AvgIpc) is 2.52. The first kappa shape index (κ1) is 14.6. The fraction of sp³-hybridized carbons (Fsp3) is 0.294. The normalized spacial score (nSPS) is 12.1. The summed E-state index contributed by atoms with van der Waals surface area (Å²) in [7, 11) is 0. The number of rotatable bonds is 7. The average molecular weight is 270 g/mol. The van der Waals surface area contributed by atoms with Gasteiger partial charge >= 0.3 is 0 Å². The van der Waals surface area contributed by atoms with Crippen LogP contribution in [0.3, 0.4) is 0 Å². The van der Waals surface area contributed by atoms with Gasteiger partial charge in [0.25, 0.3) is 0 Å². The van der Waals surface area contributed by atoms with Gasteiger partial charge in [-0.25, -0.2) is 0 Å². The van der Waals surface area contributed by atoms with Gasteiger partial charge < -0.3 is 16.2 Å². The molecule has 0 fully saturated rings. The Hall–Kier alpha value is -1.84. The molecule has 0 aliphatic carbocycles. The third kappa shape index (κ3) is 4.37. The summed E-state index contributed by atoms with van der Waals surface area (Å²) in [4.78, 5) is 0. The summed E-state index contributed by atoms with van der Waals surface area (Å²) in [5.41, 5.74) is 13.9. The van der Waals surface area contributed by atoms with Crippen LogP contribution in [0.25, 0.3) is 0 Å². The third-order valence-electron chi connectivity index (χ3n) is 3.28. The molecule has 0 saturated carbocycles. The summed E-state index contributed by atoms with van der Waals surface area (Å²) in [6.07, 6.45) is 1.87. The quantitative estimate of drug-likeness (QED) is 0.813. The minimum atomic E-state index is 0.0572. The molecule has 2 rings (SSSR count). The molecule has 0 saturated heterocycles. The molecule has 2 aromatic carbocycles. The predicted octanol–water partition coefficient (Wildman–Crippen LogP) is 3.00. The van der Waals surface area contributed by atoms with E-state index in [0.717, 1.165) is 29.7 Å². The molecular weight excluding hydrogens is 248 g/mol. The second-order valence-corrected chi connectivity index (χ2v) is 4.88. The minimum Gasteiger partial charge on any atom is -0.489 e. The molecule has 0 aliphatic rings. The predicted molar refractivity (Wildman–Crippen MR) is 82.4 cm³/mol. The molecule has 0 heterocycles. The minimum absolute atomic E-state index is 0.0572. The molecule has 0 spiro atoms. The number of hydrogen-bond acceptors (Lipinski definition) is 3. The van der Waals surface area contributed by atoms with E-state index >= 15 is 0 Å². The molecular formula is C17H22N2O. The van der Waals surface area contributed by atoms with E-state index < -0.39 is 0 Å². The molecule has 106 valence electrons. The van der Waals surface area contributed by atoms with Gasteiger partial charge in [-0.15, -0.1) is 0 Å². The van der Waals surface area contributed by atoms with E-state index in [9.17, 15) is 0 Å². The summed E-state index contributed by atoms with van der Waals surface area (Å²) in [6.45, 7) is 1.27. The van der Waals surface area contributed by atoms with Crippen molar-refractivity contribution >= 4 is 0 Å². The first-order valence-corrected chi connectivity index (χ1v) is 7.02. The van der Waals surface area contributed by atoms with Gasteiger partial charge in [0.05, 0.1) is 0 Å². The second-order valence-electron chi connectivity index (χ2n) is 4.88. The van der Waals surface area contributed by atoms with Crippen molar-refractivity contribution < 1.29 is 4.74 Å². The first-order chi connectivity index (χ1) is 9.79. The Morgan fingerprint density at radius 1 is 0.950 bits per heavy atom. The fourth-order valence-electron chi connectivity index (χ4n) is 2.06. The standard InChI is InChI=1S/C17H22N2O/c18-12-4-7-17(19)15-8-10-16(11-9-15)20-13-14-5-2-1-3-6-14/h1-3,5-6,8-11,17H,4,7,12-13,18-19H2/t17-/m1/s1. The Labute approximate surface area is 120 Å². The summed E-state index contributed by atoms with van der Waals surface area (Å²) in [5, 5.41) is 0. The van der Waals surface area contributed by atoms with Gasteiger partial charge in [0.2, 0.25) is 0 Å². The molecule has 1 atom stereocenters. The van der Waals surface area contributed by atoms with E-state index in [1.807, 2.05) is 42.5 Å². The second kappa shape index (κ2) is 7.68. The van der Waals surface area contributed by atoms with Crippen molar-refractivity contribution in [1.82, 2.24) is 0 Å². The zero-order chi connectivity index (χ0) is 14.2. The Bertz CT molecular complexity index is 496. The van der Waals surface area contributed by atoms with E-state index in [1.165, 1.54) is 0 Å². The summed E-state index contributed by atoms with van der Waals surface area (Å²) in [6, 6.07) is 18.2. The largest absolute Gasteiger partial charge is 0.489 e. The van der Waals surface area contributed by atoms with Crippen LogP contribution >= 0.6 is 0 Å². The molecule has 4 N–H and O–H groups in total. The molecule has 2 aromatic rings. The lowest BCUT2D eigenvalue weighted by atomic mass is 10.0. The van der Waals surface area contributed by atoms with Crippen LogP contribution in [0.5, 0.6) is 5.75 Å². The maximum Gasteiger partial charge on any atom is 0.119 e. The zero-order valence-electron chi connectivity index (χ0n) is 11.7. The van der Waals surface area contributed by atoms with E-state index in [0.29, 0.717) is 13.2 Å². The lowest BCUT2D eigenvalue weighted by Crippen LogP contribution is -2.12. The monoisotopic (exact) mass is 270 g/mol. The van der Waals surface area contributed by atoms with E-state index in [1.54, 1.807) is 0 Å². The topological polar surface area (TPSA) is 61.3 Å². The molecule has 0 aromatic heterocycles. The first-order valence-electron chi connectivity index (χ1n) is 7.02. The van der Waals surface area contributed by atoms with Crippen LogP contribution in [0.15, 0.2) is 54.6 Å². The van der Waals surface area contributed by atoms with Gasteiger partial charge in [-0.05, 0) is 42.6 Å². The number of ether oxygens (including phenoxy) is 1. The molecule has 0 amide bonds. The highest BCUT2D eigenvalue weighted by molar-refractivity contribution is 5.29. The molecule has 0 bridgehead atoms. The highest BCUT2D eigenvalue weighted by atomic mass is 16.5. The van der Waals surface area contributed by atoms with Crippen LogP contribution in [-0.4, -0.2) is 6.54 Å². The number of benzene rings is 2. The van der Waals surface area contributed by atoms with Crippen LogP contribution in [0.2, 0.25) is 0 Å². The van der Waals surface area contributed by atoms with Crippen molar-refractivity contribution in [3.8, 4) is 5.75 Å². The molecule has 0 aliphatic heterocycles. The van der Waals surface area contributed by atoms with Crippen molar-refractivity contribution in [3.63, 3.8) is 0 Å². The Morgan fingerprint density at radius 3 is 2.30 bits per heavy atom. The van der Waals surface area contributed by atoms with Gasteiger partial charge in [0.1, 0.15) is 12.4 Å². The maximum absolute atomic E-state index is 6.10. The molecule has 0 radical (unpaired) electrons. The number of hydrogen-bond donors (Lipinski definition) is 2. The van der Waals surface area contributed by atoms with E-state index in [-0.39, 0.29) is 6.04 Å². The highest BCUT2D eigenvalue weighted by Gasteiger charge is 2.05. The van der Waals surface area contributed by atoms with Crippen LogP contribution in [0.4, 0.5) is 0 Å². The summed E-state index contributed by atoms with van der Waals surface area (Å²) >= 11 is 0. The van der Waals surface area contributed by atoms with Crippen LogP contribution in [-0.2, 0) is 6.61 Å². The van der Waals surface area contributed by atoms with E-state index in [4.69, 9.17) is 16.2 Å². The molecule has 3 nitrogen and oxygen atoms in total. The van der Waals surface area contributed by atoms with Crippen LogP contribution in [0, 0.1) is 0 Å². The van der Waals surface area contributed by atoms with Crippen molar-refractivity contribution in [2.45, 2.75) is 25.5 Å². The van der Waals surface area contributed by atoms with Crippen molar-refractivity contribution in [2.24, 2.45) is 11.5 Å². The lowest BCUT2D eigenvalue weighted by molar-refractivity contribution is 0.306. The maximum atomic E-state index is 6.10. The Morgan fingerprint density at radius 2 is 1.65 bits per heavy atom. The molecule has 20 heavy (non-hydrogen) atoms. The molecule has 3 heteroatoms. The highest BCUT2D eigenvalue weighted by Crippen LogP contribution is 2.20. The Balaban J connectivity index is 1.88. The molecule has 0 unspecified atom stereocenters. The SMILES string of the molecule is NCCC[C@@H](N)c1ccc(OCc2ccccc2)cc1. The third-order valence-corrected chi connectivity index (χ3v) is 3.28. The van der Waals surface area contributed by atoms with Crippen LogP contribution < -0.4 is 16.2 Å². The van der Waals surface area contributed by atoms with E-state index in [2.05, 4.69) is 12.1 Å². The van der Waals surface area contributed by atoms with Crippen molar-refractivity contribution in [2.75, 3.05) is 6.54 Å². The van der Waals surface area contributed by atoms with Crippen molar-refractivity contribution in [1.29, 1.82) is 0 Å². The Kier molecular flexibility index (Phi) is 5.59. The van der Waals surface area contributed by atoms with Gasteiger partial charge in [-0.2, -0.15) is 0 Å². The number of nitrogens with two attached hydrogens (primary N) is 2. The summed E-state index contributed by atoms with van der Waals surface area (Å²) < 4.78 is 5.75. The zero-order valence-corrected chi connectivity index (χ0v) is 11.7. The van der Waals surface area contributed by atoms with Gasteiger partial charge in [0.15, 0.2) is 0 Å².